The van der Waals surface area contributed by atoms with E-state index in [4.69, 9.17) is 4.74 Å². The lowest BCUT2D eigenvalue weighted by molar-refractivity contribution is -0.146. The summed E-state index contributed by atoms with van der Waals surface area (Å²) in [5.41, 5.74) is 0. The second-order valence-electron chi connectivity index (χ2n) is 4.76. The number of aliphatic imine (C=N–C) groups is 1. The van der Waals surface area contributed by atoms with Gasteiger partial charge in [0.1, 0.15) is 0 Å². The fraction of sp³-hybridized carbons (Fsp3) is 0.571. The van der Waals surface area contributed by atoms with Crippen LogP contribution in [0.5, 0.6) is 0 Å². The summed E-state index contributed by atoms with van der Waals surface area (Å²) in [6, 6.07) is 4.15. The highest BCUT2D eigenvalue weighted by molar-refractivity contribution is 14.0. The standard InChI is InChI=1S/C14H21N3O2S.HI/c1-15-14(16-10-12-4-3-9-20-12)17-7-5-11(6-8-17)13(18)19-2;/h3-4,9,11H,5-8,10H2,1-2H3,(H,15,16);1H. The second kappa shape index (κ2) is 9.24. The van der Waals surface area contributed by atoms with E-state index in [9.17, 15) is 4.79 Å². The lowest BCUT2D eigenvalue weighted by atomic mass is 9.97. The van der Waals surface area contributed by atoms with E-state index in [-0.39, 0.29) is 35.9 Å². The number of ether oxygens (including phenoxy) is 1. The van der Waals surface area contributed by atoms with Crippen molar-refractivity contribution in [3.8, 4) is 0 Å². The van der Waals surface area contributed by atoms with Gasteiger partial charge in [-0.2, -0.15) is 0 Å². The van der Waals surface area contributed by atoms with Crippen LogP contribution in [0.15, 0.2) is 22.5 Å². The summed E-state index contributed by atoms with van der Waals surface area (Å²) in [4.78, 5) is 19.3. The largest absolute Gasteiger partial charge is 0.469 e. The van der Waals surface area contributed by atoms with E-state index in [1.54, 1.807) is 18.4 Å². The fourth-order valence-electron chi connectivity index (χ4n) is 2.41. The third-order valence-electron chi connectivity index (χ3n) is 3.54. The van der Waals surface area contributed by atoms with E-state index < -0.39 is 0 Å². The highest BCUT2D eigenvalue weighted by atomic mass is 127. The van der Waals surface area contributed by atoms with Crippen LogP contribution < -0.4 is 5.32 Å². The van der Waals surface area contributed by atoms with Gasteiger partial charge in [0, 0.05) is 25.0 Å². The Bertz CT molecular complexity index is 457. The average Bonchev–Trinajstić information content (AvgIpc) is 3.01. The second-order valence-corrected chi connectivity index (χ2v) is 5.80. The smallest absolute Gasteiger partial charge is 0.308 e. The maximum absolute atomic E-state index is 11.5. The van der Waals surface area contributed by atoms with E-state index >= 15 is 0 Å². The van der Waals surface area contributed by atoms with Crippen molar-refractivity contribution in [1.29, 1.82) is 0 Å². The van der Waals surface area contributed by atoms with Crippen LogP contribution in [0.2, 0.25) is 0 Å². The summed E-state index contributed by atoms with van der Waals surface area (Å²) in [6.07, 6.45) is 1.65. The quantitative estimate of drug-likeness (QED) is 0.351. The molecule has 0 spiro atoms. The molecule has 2 heterocycles. The lowest BCUT2D eigenvalue weighted by Gasteiger charge is -2.33. The van der Waals surface area contributed by atoms with Crippen molar-refractivity contribution >= 4 is 47.2 Å². The normalized spacial score (nSPS) is 16.3. The first kappa shape index (κ1) is 18.2. The molecule has 7 heteroatoms. The Balaban J connectivity index is 0.00000220. The molecule has 1 aliphatic heterocycles. The van der Waals surface area contributed by atoms with Crippen LogP contribution >= 0.6 is 35.3 Å². The molecule has 21 heavy (non-hydrogen) atoms. The van der Waals surface area contributed by atoms with E-state index in [2.05, 4.69) is 26.7 Å². The van der Waals surface area contributed by atoms with Gasteiger partial charge in [-0.1, -0.05) is 6.07 Å². The molecular formula is C14H22IN3O2S. The number of carbonyl (C=O) groups is 1. The van der Waals surface area contributed by atoms with Crippen LogP contribution in [0, 0.1) is 5.92 Å². The zero-order valence-corrected chi connectivity index (χ0v) is 15.5. The molecule has 1 N–H and O–H groups in total. The third kappa shape index (κ3) is 5.14. The first-order chi connectivity index (χ1) is 9.74. The summed E-state index contributed by atoms with van der Waals surface area (Å²) in [5, 5.41) is 5.44. The van der Waals surface area contributed by atoms with Gasteiger partial charge in [-0.3, -0.25) is 9.79 Å². The number of nitrogens with zero attached hydrogens (tertiary/aromatic N) is 2. The Morgan fingerprint density at radius 2 is 2.24 bits per heavy atom. The van der Waals surface area contributed by atoms with Gasteiger partial charge in [0.25, 0.3) is 0 Å². The van der Waals surface area contributed by atoms with Crippen LogP contribution in [0.25, 0.3) is 0 Å². The highest BCUT2D eigenvalue weighted by Crippen LogP contribution is 2.18. The van der Waals surface area contributed by atoms with E-state index in [0.29, 0.717) is 0 Å². The van der Waals surface area contributed by atoms with Crippen LogP contribution in [-0.4, -0.2) is 44.1 Å². The van der Waals surface area contributed by atoms with Gasteiger partial charge in [-0.05, 0) is 24.3 Å². The van der Waals surface area contributed by atoms with Gasteiger partial charge in [0.05, 0.1) is 19.6 Å². The number of halogens is 1. The number of methoxy groups -OCH3 is 1. The topological polar surface area (TPSA) is 53.9 Å². The molecule has 1 aromatic heterocycles. The fourth-order valence-corrected chi connectivity index (χ4v) is 3.05. The summed E-state index contributed by atoms with van der Waals surface area (Å²) in [7, 11) is 3.25. The molecule has 0 unspecified atom stereocenters. The Kier molecular flexibility index (Phi) is 8.02. The predicted molar refractivity (Wildman–Crippen MR) is 96.2 cm³/mol. The van der Waals surface area contributed by atoms with Crippen molar-refractivity contribution < 1.29 is 9.53 Å². The summed E-state index contributed by atoms with van der Waals surface area (Å²) in [5.74, 6) is 0.847. The molecular weight excluding hydrogens is 401 g/mol. The van der Waals surface area contributed by atoms with Gasteiger partial charge >= 0.3 is 5.97 Å². The number of hydrogen-bond donors (Lipinski definition) is 1. The van der Waals surface area contributed by atoms with E-state index in [1.807, 2.05) is 6.07 Å². The molecule has 1 aromatic rings. The van der Waals surface area contributed by atoms with Gasteiger partial charge in [-0.25, -0.2) is 0 Å². The molecule has 0 radical (unpaired) electrons. The Labute approximate surface area is 146 Å². The number of nitrogens with one attached hydrogen (secondary N) is 1. The minimum atomic E-state index is -0.0915. The van der Waals surface area contributed by atoms with Crippen LogP contribution in [0.4, 0.5) is 0 Å². The Morgan fingerprint density at radius 1 is 1.52 bits per heavy atom. The van der Waals surface area contributed by atoms with Crippen LogP contribution in [0.3, 0.4) is 0 Å². The van der Waals surface area contributed by atoms with Crippen molar-refractivity contribution in [3.05, 3.63) is 22.4 Å². The molecule has 118 valence electrons. The van der Waals surface area contributed by atoms with Crippen molar-refractivity contribution in [3.63, 3.8) is 0 Å². The lowest BCUT2D eigenvalue weighted by Crippen LogP contribution is -2.46. The molecule has 0 aliphatic carbocycles. The van der Waals surface area contributed by atoms with Gasteiger partial charge in [0.15, 0.2) is 5.96 Å². The maximum Gasteiger partial charge on any atom is 0.308 e. The molecule has 1 aliphatic rings. The molecule has 0 aromatic carbocycles. The van der Waals surface area contributed by atoms with Crippen LogP contribution in [0.1, 0.15) is 17.7 Å². The van der Waals surface area contributed by atoms with Gasteiger partial charge < -0.3 is 15.0 Å². The van der Waals surface area contributed by atoms with Crippen LogP contribution in [-0.2, 0) is 16.1 Å². The third-order valence-corrected chi connectivity index (χ3v) is 4.42. The molecule has 5 nitrogen and oxygen atoms in total. The van der Waals surface area contributed by atoms with Gasteiger partial charge in [0.2, 0.25) is 0 Å². The molecule has 0 saturated carbocycles. The number of guanidine groups is 1. The highest BCUT2D eigenvalue weighted by Gasteiger charge is 2.26. The summed E-state index contributed by atoms with van der Waals surface area (Å²) < 4.78 is 4.81. The monoisotopic (exact) mass is 423 g/mol. The number of piperidine rings is 1. The number of carbonyl (C=O) groups excluding carboxylic acids is 1. The predicted octanol–water partition coefficient (Wildman–Crippen LogP) is 2.33. The molecule has 1 fully saturated rings. The summed E-state index contributed by atoms with van der Waals surface area (Å²) >= 11 is 1.73. The molecule has 0 amide bonds. The number of hydrogen-bond acceptors (Lipinski definition) is 4. The Hall–Kier alpha value is -0.830. The van der Waals surface area contributed by atoms with Crippen molar-refractivity contribution in [2.45, 2.75) is 19.4 Å². The van der Waals surface area contributed by atoms with Gasteiger partial charge in [-0.15, -0.1) is 35.3 Å². The van der Waals surface area contributed by atoms with Crippen molar-refractivity contribution in [2.24, 2.45) is 10.9 Å². The minimum Gasteiger partial charge on any atom is -0.469 e. The Morgan fingerprint density at radius 3 is 2.76 bits per heavy atom. The summed E-state index contributed by atoms with van der Waals surface area (Å²) in [6.45, 7) is 2.47. The van der Waals surface area contributed by atoms with E-state index in [0.717, 1.165) is 38.4 Å². The zero-order valence-electron chi connectivity index (χ0n) is 12.4. The average molecular weight is 423 g/mol. The van der Waals surface area contributed by atoms with Crippen molar-refractivity contribution in [1.82, 2.24) is 10.2 Å². The number of thiophene rings is 1. The zero-order chi connectivity index (χ0) is 14.4. The first-order valence-electron chi connectivity index (χ1n) is 6.80. The van der Waals surface area contributed by atoms with Crippen molar-refractivity contribution in [2.75, 3.05) is 27.2 Å². The maximum atomic E-state index is 11.5. The number of esters is 1. The molecule has 0 atom stereocenters. The number of likely N-dealkylation sites (tertiary alicyclic amines) is 1. The molecule has 0 bridgehead atoms. The minimum absolute atomic E-state index is 0. The SMILES string of the molecule is CN=C(NCc1cccs1)N1CCC(C(=O)OC)CC1.I. The molecule has 2 rings (SSSR count). The molecule has 1 saturated heterocycles. The number of rotatable bonds is 3. The first-order valence-corrected chi connectivity index (χ1v) is 7.68. The van der Waals surface area contributed by atoms with E-state index in [1.165, 1.54) is 12.0 Å².